The third-order valence-corrected chi connectivity index (χ3v) is 3.75. The lowest BCUT2D eigenvalue weighted by Crippen LogP contribution is -2.19. The van der Waals surface area contributed by atoms with Crippen molar-refractivity contribution in [2.45, 2.75) is 33.2 Å². The summed E-state index contributed by atoms with van der Waals surface area (Å²) in [5, 5.41) is 3.38. The minimum absolute atomic E-state index is 0.137. The van der Waals surface area contributed by atoms with Gasteiger partial charge in [0.25, 0.3) is 0 Å². The second-order valence-corrected chi connectivity index (χ2v) is 5.33. The lowest BCUT2D eigenvalue weighted by atomic mass is 9.96. The highest BCUT2D eigenvalue weighted by atomic mass is 19.1. The first-order valence-electron chi connectivity index (χ1n) is 7.33. The van der Waals surface area contributed by atoms with Gasteiger partial charge in [0.2, 0.25) is 0 Å². The van der Waals surface area contributed by atoms with Gasteiger partial charge in [-0.25, -0.2) is 8.78 Å². The van der Waals surface area contributed by atoms with Crippen LogP contribution < -0.4 is 5.32 Å². The van der Waals surface area contributed by atoms with Gasteiger partial charge in [-0.3, -0.25) is 0 Å². The van der Waals surface area contributed by atoms with E-state index in [1.807, 2.05) is 13.0 Å². The fourth-order valence-corrected chi connectivity index (χ4v) is 2.40. The number of nitrogens with one attached hydrogen (secondary N) is 1. The van der Waals surface area contributed by atoms with E-state index in [4.69, 9.17) is 0 Å². The summed E-state index contributed by atoms with van der Waals surface area (Å²) in [5.74, 6) is -0.635. The van der Waals surface area contributed by atoms with E-state index in [9.17, 15) is 8.78 Å². The van der Waals surface area contributed by atoms with Crippen molar-refractivity contribution in [1.82, 2.24) is 5.32 Å². The fraction of sp³-hybridized carbons (Fsp3) is 0.333. The molecule has 0 aliphatic heterocycles. The van der Waals surface area contributed by atoms with E-state index < -0.39 is 0 Å². The standard InChI is InChI=1S/C18H21F2N/c1-4-10-21-13(3)14-8-9-18(20)16(11-14)15-6-5-7-17(19)12(15)2/h5-9,11,13,21H,4,10H2,1-3H3. The minimum Gasteiger partial charge on any atom is -0.310 e. The largest absolute Gasteiger partial charge is 0.310 e. The Hall–Kier alpha value is -1.74. The summed E-state index contributed by atoms with van der Waals surface area (Å²) in [4.78, 5) is 0. The molecule has 1 N–H and O–H groups in total. The lowest BCUT2D eigenvalue weighted by molar-refractivity contribution is 0.568. The molecule has 1 atom stereocenters. The molecule has 0 saturated carbocycles. The van der Waals surface area contributed by atoms with E-state index in [-0.39, 0.29) is 17.7 Å². The first kappa shape index (κ1) is 15.6. The molecule has 2 aromatic carbocycles. The predicted octanol–water partition coefficient (Wildman–Crippen LogP) is 5.00. The molecule has 1 nitrogen and oxygen atoms in total. The van der Waals surface area contributed by atoms with Crippen LogP contribution in [0.15, 0.2) is 36.4 Å². The number of hydrogen-bond acceptors (Lipinski definition) is 1. The second-order valence-electron chi connectivity index (χ2n) is 5.33. The molecule has 112 valence electrons. The first-order chi connectivity index (χ1) is 10.0. The van der Waals surface area contributed by atoms with Gasteiger partial charge in [-0.15, -0.1) is 0 Å². The van der Waals surface area contributed by atoms with Crippen molar-refractivity contribution < 1.29 is 8.78 Å². The average molecular weight is 289 g/mol. The van der Waals surface area contributed by atoms with Gasteiger partial charge >= 0.3 is 0 Å². The molecule has 2 aromatic rings. The zero-order valence-electron chi connectivity index (χ0n) is 12.7. The maximum absolute atomic E-state index is 14.1. The van der Waals surface area contributed by atoms with Crippen LogP contribution in [0.25, 0.3) is 11.1 Å². The Labute approximate surface area is 125 Å². The lowest BCUT2D eigenvalue weighted by Gasteiger charge is -2.16. The van der Waals surface area contributed by atoms with E-state index in [2.05, 4.69) is 12.2 Å². The Kier molecular flexibility index (Phi) is 5.07. The van der Waals surface area contributed by atoms with E-state index in [0.717, 1.165) is 18.5 Å². The molecule has 0 amide bonds. The summed E-state index contributed by atoms with van der Waals surface area (Å²) < 4.78 is 27.8. The van der Waals surface area contributed by atoms with E-state index in [0.29, 0.717) is 16.7 Å². The normalized spacial score (nSPS) is 12.4. The van der Waals surface area contributed by atoms with Crippen LogP contribution in [-0.2, 0) is 0 Å². The Morgan fingerprint density at radius 2 is 1.81 bits per heavy atom. The van der Waals surface area contributed by atoms with Crippen LogP contribution in [-0.4, -0.2) is 6.54 Å². The summed E-state index contributed by atoms with van der Waals surface area (Å²) >= 11 is 0. The van der Waals surface area contributed by atoms with Crippen LogP contribution in [0, 0.1) is 18.6 Å². The fourth-order valence-electron chi connectivity index (χ4n) is 2.40. The zero-order chi connectivity index (χ0) is 15.4. The minimum atomic E-state index is -0.324. The van der Waals surface area contributed by atoms with Crippen LogP contribution in [0.1, 0.15) is 37.4 Å². The van der Waals surface area contributed by atoms with Gasteiger partial charge in [0.1, 0.15) is 11.6 Å². The molecule has 0 bridgehead atoms. The molecule has 0 aliphatic rings. The summed E-state index contributed by atoms with van der Waals surface area (Å²) in [5.41, 5.74) is 2.54. The van der Waals surface area contributed by atoms with Gasteiger partial charge in [0, 0.05) is 11.6 Å². The molecule has 3 heteroatoms. The van der Waals surface area contributed by atoms with E-state index >= 15 is 0 Å². The van der Waals surface area contributed by atoms with Gasteiger partial charge in [0.05, 0.1) is 0 Å². The second kappa shape index (κ2) is 6.81. The Bertz CT molecular complexity index is 623. The summed E-state index contributed by atoms with van der Waals surface area (Å²) in [6.07, 6.45) is 1.04. The number of benzene rings is 2. The number of hydrogen-bond donors (Lipinski definition) is 1. The van der Waals surface area contributed by atoms with Crippen molar-refractivity contribution in [1.29, 1.82) is 0 Å². The van der Waals surface area contributed by atoms with E-state index in [1.54, 1.807) is 25.1 Å². The van der Waals surface area contributed by atoms with Crippen molar-refractivity contribution >= 4 is 0 Å². The van der Waals surface area contributed by atoms with E-state index in [1.165, 1.54) is 12.1 Å². The highest BCUT2D eigenvalue weighted by Gasteiger charge is 2.13. The Morgan fingerprint density at radius 3 is 2.52 bits per heavy atom. The highest BCUT2D eigenvalue weighted by Crippen LogP contribution is 2.29. The smallest absolute Gasteiger partial charge is 0.131 e. The van der Waals surface area contributed by atoms with Crippen molar-refractivity contribution in [2.75, 3.05) is 6.54 Å². The third kappa shape index (κ3) is 3.48. The predicted molar refractivity (Wildman–Crippen MR) is 83.2 cm³/mol. The molecule has 1 unspecified atom stereocenters. The topological polar surface area (TPSA) is 12.0 Å². The zero-order valence-corrected chi connectivity index (χ0v) is 12.7. The van der Waals surface area contributed by atoms with Gasteiger partial charge < -0.3 is 5.32 Å². The van der Waals surface area contributed by atoms with Crippen LogP contribution in [0.3, 0.4) is 0 Å². The highest BCUT2D eigenvalue weighted by molar-refractivity contribution is 5.68. The first-order valence-corrected chi connectivity index (χ1v) is 7.33. The number of halogens is 2. The molecule has 0 aromatic heterocycles. The molecular weight excluding hydrogens is 268 g/mol. The van der Waals surface area contributed by atoms with Crippen molar-refractivity contribution in [3.05, 3.63) is 59.2 Å². The summed E-state index contributed by atoms with van der Waals surface area (Å²) in [6, 6.07) is 9.95. The molecule has 0 radical (unpaired) electrons. The molecule has 2 rings (SSSR count). The van der Waals surface area contributed by atoms with Gasteiger partial charge in [0.15, 0.2) is 0 Å². The molecule has 0 spiro atoms. The maximum atomic E-state index is 14.1. The van der Waals surface area contributed by atoms with Gasteiger partial charge in [-0.05, 0) is 61.7 Å². The van der Waals surface area contributed by atoms with Crippen LogP contribution in [0.5, 0.6) is 0 Å². The van der Waals surface area contributed by atoms with Crippen LogP contribution >= 0.6 is 0 Å². The quantitative estimate of drug-likeness (QED) is 0.816. The van der Waals surface area contributed by atoms with Crippen LogP contribution in [0.2, 0.25) is 0 Å². The third-order valence-electron chi connectivity index (χ3n) is 3.75. The summed E-state index contributed by atoms with van der Waals surface area (Å²) in [6.45, 7) is 6.74. The molecule has 0 heterocycles. The summed E-state index contributed by atoms with van der Waals surface area (Å²) in [7, 11) is 0. The number of rotatable bonds is 5. The maximum Gasteiger partial charge on any atom is 0.131 e. The van der Waals surface area contributed by atoms with Crippen LogP contribution in [0.4, 0.5) is 8.78 Å². The molecule has 21 heavy (non-hydrogen) atoms. The molecule has 0 fully saturated rings. The average Bonchev–Trinajstić information content (AvgIpc) is 2.48. The van der Waals surface area contributed by atoms with Gasteiger partial charge in [-0.1, -0.05) is 25.1 Å². The Balaban J connectivity index is 2.42. The molecule has 0 aliphatic carbocycles. The van der Waals surface area contributed by atoms with Gasteiger partial charge in [-0.2, -0.15) is 0 Å². The molecular formula is C18H21F2N. The van der Waals surface area contributed by atoms with Crippen molar-refractivity contribution in [3.8, 4) is 11.1 Å². The molecule has 0 saturated heterocycles. The van der Waals surface area contributed by atoms with Crippen molar-refractivity contribution in [3.63, 3.8) is 0 Å². The monoisotopic (exact) mass is 289 g/mol. The van der Waals surface area contributed by atoms with Crippen molar-refractivity contribution in [2.24, 2.45) is 0 Å². The SMILES string of the molecule is CCCNC(C)c1ccc(F)c(-c2cccc(F)c2C)c1. The Morgan fingerprint density at radius 1 is 1.05 bits per heavy atom.